The lowest BCUT2D eigenvalue weighted by Crippen LogP contribution is -1.98. The van der Waals surface area contributed by atoms with Crippen LogP contribution in [0, 0.1) is 0 Å². The Kier molecular flexibility index (Phi) is 1.73. The van der Waals surface area contributed by atoms with E-state index in [4.69, 9.17) is 0 Å². The first-order valence-electron chi connectivity index (χ1n) is 3.81. The fraction of sp³-hybridized carbons (Fsp3) is 0.111. The van der Waals surface area contributed by atoms with Gasteiger partial charge in [0, 0.05) is 17.9 Å². The van der Waals surface area contributed by atoms with Gasteiger partial charge in [0.1, 0.15) is 0 Å². The minimum atomic E-state index is -0.330. The number of ether oxygens (including phenoxy) is 1. The van der Waals surface area contributed by atoms with E-state index in [1.165, 1.54) is 7.11 Å². The van der Waals surface area contributed by atoms with Gasteiger partial charge in [-0.2, -0.15) is 0 Å². The van der Waals surface area contributed by atoms with Crippen molar-refractivity contribution in [1.29, 1.82) is 0 Å². The van der Waals surface area contributed by atoms with Crippen LogP contribution in [0.3, 0.4) is 0 Å². The first-order valence-corrected chi connectivity index (χ1v) is 3.81. The highest BCUT2D eigenvalue weighted by molar-refractivity contribution is 5.90. The minimum absolute atomic E-state index is 0.330. The molecule has 0 radical (unpaired) electrons. The van der Waals surface area contributed by atoms with Gasteiger partial charge >= 0.3 is 5.97 Å². The maximum Gasteiger partial charge on any atom is 0.339 e. The number of nitrogens with zero attached hydrogens (tertiary/aromatic N) is 2. The van der Waals surface area contributed by atoms with Crippen molar-refractivity contribution in [2.24, 2.45) is 0 Å². The van der Waals surface area contributed by atoms with Crippen LogP contribution in [0.4, 0.5) is 0 Å². The molecule has 4 nitrogen and oxygen atoms in total. The summed E-state index contributed by atoms with van der Waals surface area (Å²) in [7, 11) is 1.36. The molecular weight excluding hydrogens is 168 g/mol. The Labute approximate surface area is 74.8 Å². The van der Waals surface area contributed by atoms with Gasteiger partial charge in [0.15, 0.2) is 0 Å². The second-order valence-corrected chi connectivity index (χ2v) is 2.63. The number of methoxy groups -OCH3 is 1. The van der Waals surface area contributed by atoms with E-state index in [0.717, 1.165) is 5.52 Å². The topological polar surface area (TPSA) is 43.6 Å². The fourth-order valence-electron chi connectivity index (χ4n) is 1.19. The summed E-state index contributed by atoms with van der Waals surface area (Å²) in [5, 5.41) is 0. The second-order valence-electron chi connectivity index (χ2n) is 2.63. The summed E-state index contributed by atoms with van der Waals surface area (Å²) >= 11 is 0. The van der Waals surface area contributed by atoms with Crippen LogP contribution in [-0.2, 0) is 4.74 Å². The first kappa shape index (κ1) is 7.79. The van der Waals surface area contributed by atoms with Crippen molar-refractivity contribution >= 4 is 11.5 Å². The van der Waals surface area contributed by atoms with Gasteiger partial charge in [-0.15, -0.1) is 0 Å². The number of esters is 1. The van der Waals surface area contributed by atoms with Crippen LogP contribution < -0.4 is 0 Å². The molecule has 0 saturated carbocycles. The maximum atomic E-state index is 11.1. The Morgan fingerprint density at radius 3 is 3.15 bits per heavy atom. The van der Waals surface area contributed by atoms with Crippen molar-refractivity contribution < 1.29 is 9.53 Å². The Morgan fingerprint density at radius 2 is 2.46 bits per heavy atom. The van der Waals surface area contributed by atoms with Crippen molar-refractivity contribution in [2.75, 3.05) is 7.11 Å². The zero-order valence-electron chi connectivity index (χ0n) is 7.10. The number of carbonyl (C=O) groups excluding carboxylic acids is 1. The van der Waals surface area contributed by atoms with E-state index in [1.807, 2.05) is 6.07 Å². The van der Waals surface area contributed by atoms with Crippen LogP contribution in [-0.4, -0.2) is 22.5 Å². The number of hydrogen-bond donors (Lipinski definition) is 0. The minimum Gasteiger partial charge on any atom is -0.465 e. The molecule has 13 heavy (non-hydrogen) atoms. The summed E-state index contributed by atoms with van der Waals surface area (Å²) in [6.45, 7) is 0. The summed E-state index contributed by atoms with van der Waals surface area (Å²) in [4.78, 5) is 15.0. The average molecular weight is 176 g/mol. The van der Waals surface area contributed by atoms with Gasteiger partial charge in [0.25, 0.3) is 0 Å². The van der Waals surface area contributed by atoms with E-state index in [9.17, 15) is 4.79 Å². The third-order valence-corrected chi connectivity index (χ3v) is 1.82. The normalized spacial score (nSPS) is 10.2. The van der Waals surface area contributed by atoms with Gasteiger partial charge in [-0.05, 0) is 12.1 Å². The Hall–Kier alpha value is -1.84. The highest BCUT2D eigenvalue weighted by Crippen LogP contribution is 2.09. The smallest absolute Gasteiger partial charge is 0.339 e. The largest absolute Gasteiger partial charge is 0.465 e. The maximum absolute atomic E-state index is 11.1. The Balaban J connectivity index is 2.56. The Bertz CT molecular complexity index is 415. The second kappa shape index (κ2) is 2.90. The van der Waals surface area contributed by atoms with Gasteiger partial charge in [0.2, 0.25) is 0 Å². The molecule has 2 aromatic rings. The van der Waals surface area contributed by atoms with E-state index in [-0.39, 0.29) is 5.97 Å². The standard InChI is InChI=1S/C9H8N2O2/c1-13-9(12)7-4-8-2-3-10-6-11(8)5-7/h2-6H,1H3. The molecule has 0 aliphatic heterocycles. The molecule has 4 heteroatoms. The molecule has 2 aromatic heterocycles. The van der Waals surface area contributed by atoms with Crippen molar-refractivity contribution in [3.63, 3.8) is 0 Å². The van der Waals surface area contributed by atoms with Gasteiger partial charge < -0.3 is 9.14 Å². The molecule has 0 fully saturated rings. The predicted molar refractivity (Wildman–Crippen MR) is 46.5 cm³/mol. The molecule has 0 atom stereocenters. The fourth-order valence-corrected chi connectivity index (χ4v) is 1.19. The zero-order chi connectivity index (χ0) is 9.26. The summed E-state index contributed by atoms with van der Waals surface area (Å²) in [6, 6.07) is 3.58. The third kappa shape index (κ3) is 1.26. The first-order chi connectivity index (χ1) is 6.31. The molecule has 0 aliphatic rings. The van der Waals surface area contributed by atoms with Crippen molar-refractivity contribution in [2.45, 2.75) is 0 Å². The van der Waals surface area contributed by atoms with Crippen LogP contribution in [0.1, 0.15) is 10.4 Å². The lowest BCUT2D eigenvalue weighted by atomic mass is 10.3. The molecule has 0 N–H and O–H groups in total. The highest BCUT2D eigenvalue weighted by atomic mass is 16.5. The van der Waals surface area contributed by atoms with Crippen LogP contribution >= 0.6 is 0 Å². The van der Waals surface area contributed by atoms with Gasteiger partial charge in [0.05, 0.1) is 19.0 Å². The van der Waals surface area contributed by atoms with E-state index >= 15 is 0 Å². The molecule has 0 aliphatic carbocycles. The molecule has 2 heterocycles. The monoisotopic (exact) mass is 176 g/mol. The molecule has 66 valence electrons. The molecule has 0 aromatic carbocycles. The van der Waals surface area contributed by atoms with Gasteiger partial charge in [-0.25, -0.2) is 9.78 Å². The number of hydrogen-bond acceptors (Lipinski definition) is 3. The lowest BCUT2D eigenvalue weighted by molar-refractivity contribution is 0.0601. The van der Waals surface area contributed by atoms with Crippen LogP contribution in [0.15, 0.2) is 30.9 Å². The molecule has 0 amide bonds. The van der Waals surface area contributed by atoms with Crippen LogP contribution in [0.5, 0.6) is 0 Å². The summed E-state index contributed by atoms with van der Waals surface area (Å²) in [5.74, 6) is -0.330. The summed E-state index contributed by atoms with van der Waals surface area (Å²) < 4.78 is 6.36. The van der Waals surface area contributed by atoms with Crippen LogP contribution in [0.2, 0.25) is 0 Å². The summed E-state index contributed by atoms with van der Waals surface area (Å²) in [5.41, 5.74) is 1.46. The van der Waals surface area contributed by atoms with E-state index in [1.54, 1.807) is 29.2 Å². The van der Waals surface area contributed by atoms with E-state index in [0.29, 0.717) is 5.56 Å². The summed E-state index contributed by atoms with van der Waals surface area (Å²) in [6.07, 6.45) is 5.01. The quantitative estimate of drug-likeness (QED) is 0.611. The molecule has 0 unspecified atom stereocenters. The lowest BCUT2D eigenvalue weighted by Gasteiger charge is -1.91. The van der Waals surface area contributed by atoms with Gasteiger partial charge in [-0.1, -0.05) is 0 Å². The van der Waals surface area contributed by atoms with Crippen molar-refractivity contribution in [3.05, 3.63) is 36.4 Å². The van der Waals surface area contributed by atoms with E-state index < -0.39 is 0 Å². The van der Waals surface area contributed by atoms with E-state index in [2.05, 4.69) is 9.72 Å². The number of aromatic nitrogens is 2. The van der Waals surface area contributed by atoms with Gasteiger partial charge in [-0.3, -0.25) is 0 Å². The molecule has 2 rings (SSSR count). The predicted octanol–water partition coefficient (Wildman–Crippen LogP) is 1.12. The Morgan fingerprint density at radius 1 is 1.62 bits per heavy atom. The highest BCUT2D eigenvalue weighted by Gasteiger charge is 2.07. The molecule has 0 bridgehead atoms. The number of fused-ring (bicyclic) bond motifs is 1. The van der Waals surface area contributed by atoms with Crippen LogP contribution in [0.25, 0.3) is 5.52 Å². The SMILES string of the molecule is COC(=O)c1cc2ccncn2c1. The number of carbonyl (C=O) groups is 1. The average Bonchev–Trinajstić information content (AvgIpc) is 2.59. The zero-order valence-corrected chi connectivity index (χ0v) is 7.10. The third-order valence-electron chi connectivity index (χ3n) is 1.82. The molecule has 0 spiro atoms. The molecule has 0 saturated heterocycles. The molecular formula is C9H8N2O2. The number of rotatable bonds is 1. The van der Waals surface area contributed by atoms with Crippen molar-refractivity contribution in [3.8, 4) is 0 Å². The van der Waals surface area contributed by atoms with Crippen molar-refractivity contribution in [1.82, 2.24) is 9.38 Å².